The Balaban J connectivity index is 1.82. The van der Waals surface area contributed by atoms with E-state index in [1.54, 1.807) is 6.92 Å². The topological polar surface area (TPSA) is 67.5 Å². The summed E-state index contributed by atoms with van der Waals surface area (Å²) in [5.74, 6) is 2.31. The van der Waals surface area contributed by atoms with Crippen molar-refractivity contribution in [3.8, 4) is 0 Å². The number of allylic oxidation sites excluding steroid dienone is 6. The highest BCUT2D eigenvalue weighted by Crippen LogP contribution is 2.35. The fourth-order valence-corrected chi connectivity index (χ4v) is 4.27. The molecule has 3 rings (SSSR count). The highest BCUT2D eigenvalue weighted by Gasteiger charge is 2.29. The number of thioether (sulfide) groups is 1. The summed E-state index contributed by atoms with van der Waals surface area (Å²) >= 11 is 1.90. The van der Waals surface area contributed by atoms with Crippen molar-refractivity contribution in [1.82, 2.24) is 5.32 Å². The van der Waals surface area contributed by atoms with Crippen LogP contribution in [0.15, 0.2) is 51.7 Å². The predicted molar refractivity (Wildman–Crippen MR) is 102 cm³/mol. The van der Waals surface area contributed by atoms with Gasteiger partial charge in [-0.05, 0) is 49.2 Å². The van der Waals surface area contributed by atoms with E-state index in [0.29, 0.717) is 17.7 Å². The van der Waals surface area contributed by atoms with Crippen molar-refractivity contribution in [1.29, 1.82) is 0 Å². The van der Waals surface area contributed by atoms with Gasteiger partial charge < -0.3 is 11.1 Å². The molecule has 0 aromatic carbocycles. The van der Waals surface area contributed by atoms with E-state index < -0.39 is 6.04 Å². The third-order valence-corrected chi connectivity index (χ3v) is 5.58. The number of carbonyl (C=O) groups excluding carboxylic acids is 1. The molecule has 0 aromatic rings. The number of hydrogen-bond acceptors (Lipinski definition) is 4. The standard InChI is InChI=1S/C19H25N3OS/c1-12(9-14-7-8-24-11-14)18-16-6-4-3-5-15(16)10-17(21-18)22-19(23)13(2)20/h3-5,10-13,16H,6-9,20H2,1-2H3,(H,22,23). The Morgan fingerprint density at radius 2 is 2.33 bits per heavy atom. The van der Waals surface area contributed by atoms with Gasteiger partial charge in [0.15, 0.2) is 0 Å². The molecule has 3 N–H and O–H groups in total. The van der Waals surface area contributed by atoms with Crippen LogP contribution in [-0.2, 0) is 4.79 Å². The average Bonchev–Trinajstić information content (AvgIpc) is 3.06. The van der Waals surface area contributed by atoms with Crippen LogP contribution in [0.5, 0.6) is 0 Å². The van der Waals surface area contributed by atoms with Crippen LogP contribution in [-0.4, -0.2) is 23.4 Å². The fourth-order valence-electron chi connectivity index (χ4n) is 3.32. The largest absolute Gasteiger partial charge is 0.320 e. The summed E-state index contributed by atoms with van der Waals surface area (Å²) in [5.41, 5.74) is 9.58. The third-order valence-electron chi connectivity index (χ3n) is 4.64. The maximum Gasteiger partial charge on any atom is 0.242 e. The second-order valence-electron chi connectivity index (χ2n) is 6.73. The number of aliphatic imine (C=N–C) groups is 1. The maximum atomic E-state index is 11.9. The third kappa shape index (κ3) is 3.90. The van der Waals surface area contributed by atoms with Crippen LogP contribution in [0.2, 0.25) is 0 Å². The Morgan fingerprint density at radius 3 is 3.04 bits per heavy atom. The van der Waals surface area contributed by atoms with Crippen molar-refractivity contribution in [3.05, 3.63) is 46.7 Å². The molecule has 3 unspecified atom stereocenters. The maximum absolute atomic E-state index is 11.9. The first-order chi connectivity index (χ1) is 11.5. The van der Waals surface area contributed by atoms with Crippen LogP contribution in [0.3, 0.4) is 0 Å². The van der Waals surface area contributed by atoms with Gasteiger partial charge >= 0.3 is 0 Å². The van der Waals surface area contributed by atoms with Gasteiger partial charge in [0.25, 0.3) is 0 Å². The molecule has 1 amide bonds. The summed E-state index contributed by atoms with van der Waals surface area (Å²) in [6.45, 7) is 3.93. The number of rotatable bonds is 5. The van der Waals surface area contributed by atoms with E-state index in [0.717, 1.165) is 12.8 Å². The summed E-state index contributed by atoms with van der Waals surface area (Å²) in [6, 6.07) is -0.541. The van der Waals surface area contributed by atoms with Crippen LogP contribution in [0.1, 0.15) is 33.1 Å². The van der Waals surface area contributed by atoms with Gasteiger partial charge in [0, 0.05) is 17.4 Å². The highest BCUT2D eigenvalue weighted by molar-refractivity contribution is 8.02. The van der Waals surface area contributed by atoms with Gasteiger partial charge in [-0.15, -0.1) is 11.8 Å². The summed E-state index contributed by atoms with van der Waals surface area (Å²) in [7, 11) is 0. The lowest BCUT2D eigenvalue weighted by Crippen LogP contribution is -2.39. The van der Waals surface area contributed by atoms with Crippen LogP contribution < -0.4 is 11.1 Å². The molecule has 4 nitrogen and oxygen atoms in total. The van der Waals surface area contributed by atoms with Gasteiger partial charge in [-0.1, -0.05) is 30.7 Å². The van der Waals surface area contributed by atoms with E-state index in [9.17, 15) is 4.79 Å². The zero-order valence-electron chi connectivity index (χ0n) is 14.3. The van der Waals surface area contributed by atoms with Crippen molar-refractivity contribution in [2.75, 3.05) is 5.75 Å². The van der Waals surface area contributed by atoms with Crippen LogP contribution in [0.4, 0.5) is 0 Å². The molecule has 1 aliphatic carbocycles. The lowest BCUT2D eigenvalue weighted by atomic mass is 9.79. The monoisotopic (exact) mass is 343 g/mol. The number of nitrogens with zero attached hydrogens (tertiary/aromatic N) is 1. The van der Waals surface area contributed by atoms with E-state index in [4.69, 9.17) is 10.7 Å². The normalized spacial score (nSPS) is 25.0. The van der Waals surface area contributed by atoms with Crippen molar-refractivity contribution < 1.29 is 4.79 Å². The summed E-state index contributed by atoms with van der Waals surface area (Å²) in [5, 5.41) is 5.15. The zero-order chi connectivity index (χ0) is 17.1. The molecule has 3 atom stereocenters. The van der Waals surface area contributed by atoms with Gasteiger partial charge in [0.05, 0.1) is 6.04 Å². The van der Waals surface area contributed by atoms with Gasteiger partial charge in [0.2, 0.25) is 5.91 Å². The first-order valence-electron chi connectivity index (χ1n) is 8.57. The van der Waals surface area contributed by atoms with E-state index in [1.165, 1.54) is 29.0 Å². The van der Waals surface area contributed by atoms with Gasteiger partial charge in [-0.2, -0.15) is 0 Å². The van der Waals surface area contributed by atoms with Gasteiger partial charge in [-0.25, -0.2) is 4.99 Å². The molecule has 24 heavy (non-hydrogen) atoms. The van der Waals surface area contributed by atoms with E-state index in [1.807, 2.05) is 17.8 Å². The van der Waals surface area contributed by atoms with Crippen molar-refractivity contribution in [2.24, 2.45) is 22.6 Å². The molecule has 0 radical (unpaired) electrons. The zero-order valence-corrected chi connectivity index (χ0v) is 15.1. The molecular formula is C19H25N3OS. The second kappa shape index (κ2) is 7.53. The quantitative estimate of drug-likeness (QED) is 0.805. The molecule has 0 spiro atoms. The molecule has 0 bridgehead atoms. The number of nitrogens with one attached hydrogen (secondary N) is 1. The van der Waals surface area contributed by atoms with E-state index in [2.05, 4.69) is 35.9 Å². The first kappa shape index (κ1) is 17.2. The number of hydrogen-bond donors (Lipinski definition) is 2. The molecule has 2 heterocycles. The van der Waals surface area contributed by atoms with Gasteiger partial charge in [0.1, 0.15) is 5.82 Å². The Labute approximate surface area is 148 Å². The van der Waals surface area contributed by atoms with Crippen molar-refractivity contribution >= 4 is 23.4 Å². The molecule has 0 saturated heterocycles. The SMILES string of the molecule is CC(N)C(=O)NC1=CC2=CC=CCC2C(C(C)CC2=CSCC2)=N1. The summed E-state index contributed by atoms with van der Waals surface area (Å²) < 4.78 is 0. The molecule has 2 aliphatic heterocycles. The van der Waals surface area contributed by atoms with Crippen LogP contribution in [0.25, 0.3) is 0 Å². The molecule has 0 fully saturated rings. The minimum Gasteiger partial charge on any atom is -0.320 e. The summed E-state index contributed by atoms with van der Waals surface area (Å²) in [6.07, 6.45) is 11.6. The molecule has 5 heteroatoms. The number of fused-ring (bicyclic) bond motifs is 1. The van der Waals surface area contributed by atoms with E-state index >= 15 is 0 Å². The Hall–Kier alpha value is -1.59. The first-order valence-corrected chi connectivity index (χ1v) is 9.62. The Kier molecular flexibility index (Phi) is 5.41. The Morgan fingerprint density at radius 1 is 1.50 bits per heavy atom. The molecule has 3 aliphatic rings. The molecule has 128 valence electrons. The van der Waals surface area contributed by atoms with Crippen molar-refractivity contribution in [2.45, 2.75) is 39.2 Å². The van der Waals surface area contributed by atoms with Gasteiger partial charge in [-0.3, -0.25) is 4.79 Å². The lowest BCUT2D eigenvalue weighted by Gasteiger charge is -2.30. The van der Waals surface area contributed by atoms with Crippen molar-refractivity contribution in [3.63, 3.8) is 0 Å². The summed E-state index contributed by atoms with van der Waals surface area (Å²) in [4.78, 5) is 16.7. The Bertz CT molecular complexity index is 670. The average molecular weight is 343 g/mol. The molecular weight excluding hydrogens is 318 g/mol. The molecule has 0 saturated carbocycles. The fraction of sp³-hybridized carbons (Fsp3) is 0.474. The number of nitrogens with two attached hydrogens (primary N) is 1. The minimum atomic E-state index is -0.541. The smallest absolute Gasteiger partial charge is 0.242 e. The minimum absolute atomic E-state index is 0.197. The second-order valence-corrected chi connectivity index (χ2v) is 7.71. The van der Waals surface area contributed by atoms with E-state index in [-0.39, 0.29) is 5.91 Å². The predicted octanol–water partition coefficient (Wildman–Crippen LogP) is 3.30. The van der Waals surface area contributed by atoms with Crippen LogP contribution in [0, 0.1) is 11.8 Å². The number of amides is 1. The lowest BCUT2D eigenvalue weighted by molar-refractivity contribution is -0.121. The molecule has 0 aromatic heterocycles. The highest BCUT2D eigenvalue weighted by atomic mass is 32.2. The van der Waals surface area contributed by atoms with Crippen LogP contribution >= 0.6 is 11.8 Å². The number of carbonyl (C=O) groups is 1.